The van der Waals surface area contributed by atoms with Crippen molar-refractivity contribution in [1.29, 1.82) is 0 Å². The quantitative estimate of drug-likeness (QED) is 0.507. The first-order valence-corrected chi connectivity index (χ1v) is 4.10. The molecule has 0 spiro atoms. The third kappa shape index (κ3) is 0.807. The zero-order valence-corrected chi connectivity index (χ0v) is 6.27. The molecule has 2 aliphatic carbocycles. The van der Waals surface area contributed by atoms with E-state index in [2.05, 4.69) is 6.58 Å². The van der Waals surface area contributed by atoms with Gasteiger partial charge in [0.25, 0.3) is 0 Å². The first kappa shape index (κ1) is 6.41. The van der Waals surface area contributed by atoms with E-state index in [4.69, 9.17) is 0 Å². The minimum Gasteiger partial charge on any atom is -0.390 e. The third-order valence-electron chi connectivity index (χ3n) is 2.95. The van der Waals surface area contributed by atoms with Crippen LogP contribution in [0.25, 0.3) is 0 Å². The Hall–Kier alpha value is -0.300. The van der Waals surface area contributed by atoms with E-state index in [-0.39, 0.29) is 5.60 Å². The van der Waals surface area contributed by atoms with E-state index in [0.717, 1.165) is 19.3 Å². The highest BCUT2D eigenvalue weighted by Gasteiger charge is 2.42. The molecule has 56 valence electrons. The van der Waals surface area contributed by atoms with Crippen LogP contribution in [-0.4, -0.2) is 10.7 Å². The fourth-order valence-electron chi connectivity index (χ4n) is 2.42. The molecule has 0 aromatic carbocycles. The molecule has 2 bridgehead atoms. The molecule has 0 aliphatic heterocycles. The average Bonchev–Trinajstić information content (AvgIpc) is 2.03. The highest BCUT2D eigenvalue weighted by Crippen LogP contribution is 2.47. The maximum Gasteiger partial charge on any atom is 0.0690 e. The van der Waals surface area contributed by atoms with E-state index >= 15 is 0 Å². The molecule has 2 unspecified atom stereocenters. The van der Waals surface area contributed by atoms with Crippen LogP contribution in [0.2, 0.25) is 0 Å². The molecule has 2 atom stereocenters. The van der Waals surface area contributed by atoms with Crippen LogP contribution >= 0.6 is 0 Å². The topological polar surface area (TPSA) is 20.2 Å². The number of hydrogen-bond acceptors (Lipinski definition) is 1. The lowest BCUT2D eigenvalue weighted by atomic mass is 9.86. The normalized spacial score (nSPS) is 46.1. The Morgan fingerprint density at radius 3 is 3.00 bits per heavy atom. The van der Waals surface area contributed by atoms with Crippen molar-refractivity contribution in [1.82, 2.24) is 0 Å². The number of aliphatic hydroxyl groups is 1. The van der Waals surface area contributed by atoms with Gasteiger partial charge in [0.05, 0.1) is 5.60 Å². The van der Waals surface area contributed by atoms with Crippen molar-refractivity contribution in [3.8, 4) is 0 Å². The number of rotatable bonds is 0. The maximum atomic E-state index is 9.83. The maximum absolute atomic E-state index is 9.83. The van der Waals surface area contributed by atoms with Crippen LogP contribution in [0.15, 0.2) is 12.2 Å². The monoisotopic (exact) mass is 138 g/mol. The second-order valence-corrected chi connectivity index (χ2v) is 3.85. The largest absolute Gasteiger partial charge is 0.390 e. The highest BCUT2D eigenvalue weighted by molar-refractivity contribution is 5.16. The number of fused-ring (bicyclic) bond motifs is 2. The Labute approximate surface area is 61.8 Å². The van der Waals surface area contributed by atoms with Crippen LogP contribution in [-0.2, 0) is 0 Å². The van der Waals surface area contributed by atoms with Crippen LogP contribution in [0.3, 0.4) is 0 Å². The highest BCUT2D eigenvalue weighted by atomic mass is 16.3. The van der Waals surface area contributed by atoms with Crippen LogP contribution in [0.4, 0.5) is 0 Å². The van der Waals surface area contributed by atoms with E-state index in [1.165, 1.54) is 18.4 Å². The SMILES string of the molecule is C=C1CC2(O)CCCC1C2. The van der Waals surface area contributed by atoms with E-state index in [1.54, 1.807) is 0 Å². The second kappa shape index (κ2) is 1.85. The zero-order valence-electron chi connectivity index (χ0n) is 6.27. The number of hydrogen-bond donors (Lipinski definition) is 1. The van der Waals surface area contributed by atoms with Gasteiger partial charge in [0.1, 0.15) is 0 Å². The van der Waals surface area contributed by atoms with Gasteiger partial charge in [0, 0.05) is 0 Å². The van der Waals surface area contributed by atoms with Crippen LogP contribution in [0.5, 0.6) is 0 Å². The molecule has 2 aliphatic rings. The van der Waals surface area contributed by atoms with Gasteiger partial charge in [-0.25, -0.2) is 0 Å². The summed E-state index contributed by atoms with van der Waals surface area (Å²) < 4.78 is 0. The Balaban J connectivity index is 2.23. The molecule has 2 saturated carbocycles. The predicted molar refractivity (Wildman–Crippen MR) is 40.7 cm³/mol. The molecule has 10 heavy (non-hydrogen) atoms. The van der Waals surface area contributed by atoms with Gasteiger partial charge in [-0.1, -0.05) is 12.2 Å². The van der Waals surface area contributed by atoms with Crippen molar-refractivity contribution in [2.45, 2.75) is 37.7 Å². The van der Waals surface area contributed by atoms with Gasteiger partial charge in [-0.15, -0.1) is 0 Å². The lowest BCUT2D eigenvalue weighted by Crippen LogP contribution is -2.27. The molecule has 0 radical (unpaired) electrons. The molecular weight excluding hydrogens is 124 g/mol. The van der Waals surface area contributed by atoms with Crippen LogP contribution < -0.4 is 0 Å². The summed E-state index contributed by atoms with van der Waals surface area (Å²) in [5, 5.41) is 9.83. The molecule has 0 heterocycles. The predicted octanol–water partition coefficient (Wildman–Crippen LogP) is 1.87. The van der Waals surface area contributed by atoms with Crippen molar-refractivity contribution < 1.29 is 5.11 Å². The Kier molecular flexibility index (Phi) is 1.19. The third-order valence-corrected chi connectivity index (χ3v) is 2.95. The standard InChI is InChI=1S/C9H14O/c1-7-5-9(10)4-2-3-8(7)6-9/h8,10H,1-6H2. The molecule has 1 heteroatoms. The van der Waals surface area contributed by atoms with E-state index in [1.807, 2.05) is 0 Å². The van der Waals surface area contributed by atoms with Gasteiger partial charge in [-0.3, -0.25) is 0 Å². The van der Waals surface area contributed by atoms with Crippen molar-refractivity contribution in [3.05, 3.63) is 12.2 Å². The average molecular weight is 138 g/mol. The summed E-state index contributed by atoms with van der Waals surface area (Å²) in [6.45, 7) is 3.98. The molecule has 2 fully saturated rings. The summed E-state index contributed by atoms with van der Waals surface area (Å²) >= 11 is 0. The molecule has 0 aromatic rings. The van der Waals surface area contributed by atoms with Crippen LogP contribution in [0.1, 0.15) is 32.1 Å². The molecular formula is C9H14O. The minimum atomic E-state index is -0.333. The fourth-order valence-corrected chi connectivity index (χ4v) is 2.42. The van der Waals surface area contributed by atoms with Gasteiger partial charge in [0.2, 0.25) is 0 Å². The van der Waals surface area contributed by atoms with Gasteiger partial charge in [-0.2, -0.15) is 0 Å². The molecule has 2 rings (SSSR count). The van der Waals surface area contributed by atoms with Gasteiger partial charge in [-0.05, 0) is 38.0 Å². The first-order chi connectivity index (χ1) is 4.70. The zero-order chi connectivity index (χ0) is 7.19. The Bertz CT molecular complexity index is 174. The van der Waals surface area contributed by atoms with Crippen molar-refractivity contribution >= 4 is 0 Å². The molecule has 0 saturated heterocycles. The second-order valence-electron chi connectivity index (χ2n) is 3.85. The van der Waals surface area contributed by atoms with Crippen LogP contribution in [0, 0.1) is 5.92 Å². The van der Waals surface area contributed by atoms with Gasteiger partial charge in [0.15, 0.2) is 0 Å². The molecule has 0 amide bonds. The molecule has 1 N–H and O–H groups in total. The summed E-state index contributed by atoms with van der Waals surface area (Å²) in [6.07, 6.45) is 5.33. The lowest BCUT2D eigenvalue weighted by molar-refractivity contribution is 0.0198. The summed E-state index contributed by atoms with van der Waals surface area (Å²) in [7, 11) is 0. The molecule has 0 aromatic heterocycles. The van der Waals surface area contributed by atoms with Gasteiger partial charge >= 0.3 is 0 Å². The summed E-state index contributed by atoms with van der Waals surface area (Å²) in [5.74, 6) is 0.652. The smallest absolute Gasteiger partial charge is 0.0690 e. The van der Waals surface area contributed by atoms with Gasteiger partial charge < -0.3 is 5.11 Å². The van der Waals surface area contributed by atoms with E-state index < -0.39 is 0 Å². The van der Waals surface area contributed by atoms with Crippen molar-refractivity contribution in [2.24, 2.45) is 5.92 Å². The summed E-state index contributed by atoms with van der Waals surface area (Å²) in [5.41, 5.74) is 0.958. The van der Waals surface area contributed by atoms with Crippen molar-refractivity contribution in [3.63, 3.8) is 0 Å². The summed E-state index contributed by atoms with van der Waals surface area (Å²) in [6, 6.07) is 0. The van der Waals surface area contributed by atoms with Crippen molar-refractivity contribution in [2.75, 3.05) is 0 Å². The van der Waals surface area contributed by atoms with E-state index in [9.17, 15) is 5.11 Å². The Morgan fingerprint density at radius 1 is 1.60 bits per heavy atom. The lowest BCUT2D eigenvalue weighted by Gasteiger charge is -2.26. The first-order valence-electron chi connectivity index (χ1n) is 4.10. The Morgan fingerprint density at radius 2 is 2.40 bits per heavy atom. The molecule has 1 nitrogen and oxygen atoms in total. The fraction of sp³-hybridized carbons (Fsp3) is 0.778. The summed E-state index contributed by atoms with van der Waals surface area (Å²) in [4.78, 5) is 0. The van der Waals surface area contributed by atoms with E-state index in [0.29, 0.717) is 5.92 Å². The minimum absolute atomic E-state index is 0.333.